The Morgan fingerprint density at radius 2 is 1.90 bits per heavy atom. The smallest absolute Gasteiger partial charge is 0.320 e. The zero-order chi connectivity index (χ0) is 14.3. The number of likely N-dealkylation sites (tertiary alicyclic amines) is 1. The number of nitrogens with zero attached hydrogens (tertiary/aromatic N) is 3. The molecule has 0 bridgehead atoms. The minimum atomic E-state index is -0.783. The summed E-state index contributed by atoms with van der Waals surface area (Å²) in [5, 5.41) is 9.04. The van der Waals surface area contributed by atoms with Crippen molar-refractivity contribution in [2.45, 2.75) is 38.3 Å². The molecular formula is C14H23N3O3. The Balaban J connectivity index is 1.63. The van der Waals surface area contributed by atoms with Gasteiger partial charge in [-0.15, -0.1) is 0 Å². The van der Waals surface area contributed by atoms with Crippen LogP contribution in [0, 0.1) is 5.92 Å². The summed E-state index contributed by atoms with van der Waals surface area (Å²) in [4.78, 5) is 29.8. The molecule has 2 amide bonds. The molecule has 3 aliphatic heterocycles. The van der Waals surface area contributed by atoms with Gasteiger partial charge in [0.2, 0.25) is 0 Å². The van der Waals surface area contributed by atoms with Crippen molar-refractivity contribution < 1.29 is 14.7 Å². The zero-order valence-electron chi connectivity index (χ0n) is 12.0. The summed E-state index contributed by atoms with van der Waals surface area (Å²) in [7, 11) is 0. The van der Waals surface area contributed by atoms with Gasteiger partial charge >= 0.3 is 12.0 Å². The number of carbonyl (C=O) groups is 2. The third-order valence-electron chi connectivity index (χ3n) is 4.99. The lowest BCUT2D eigenvalue weighted by atomic mass is 10.1. The average molecular weight is 281 g/mol. The quantitative estimate of drug-likeness (QED) is 0.768. The third kappa shape index (κ3) is 2.37. The number of amides is 2. The number of hydrogen-bond acceptors (Lipinski definition) is 3. The van der Waals surface area contributed by atoms with Crippen LogP contribution in [-0.4, -0.2) is 76.6 Å². The SMILES string of the molecule is CC1CN2CCCC2CN1C(=O)N1CCC(C(=O)O)C1. The van der Waals surface area contributed by atoms with E-state index in [-0.39, 0.29) is 18.0 Å². The van der Waals surface area contributed by atoms with Crippen molar-refractivity contribution in [2.75, 3.05) is 32.7 Å². The van der Waals surface area contributed by atoms with Crippen molar-refractivity contribution in [3.05, 3.63) is 0 Å². The molecule has 6 heteroatoms. The predicted molar refractivity (Wildman–Crippen MR) is 73.5 cm³/mol. The molecule has 3 aliphatic rings. The Labute approximate surface area is 119 Å². The highest BCUT2D eigenvalue weighted by Crippen LogP contribution is 2.26. The topological polar surface area (TPSA) is 64.1 Å². The van der Waals surface area contributed by atoms with E-state index < -0.39 is 5.97 Å². The highest BCUT2D eigenvalue weighted by molar-refractivity contribution is 5.78. The maximum Gasteiger partial charge on any atom is 0.320 e. The number of piperazine rings is 1. The minimum absolute atomic E-state index is 0.0350. The number of carbonyl (C=O) groups excluding carboxylic acids is 1. The van der Waals surface area contributed by atoms with Gasteiger partial charge in [-0.3, -0.25) is 9.69 Å². The molecule has 3 rings (SSSR count). The van der Waals surface area contributed by atoms with Gasteiger partial charge in [0.25, 0.3) is 0 Å². The fraction of sp³-hybridized carbons (Fsp3) is 0.857. The molecule has 0 saturated carbocycles. The molecule has 6 nitrogen and oxygen atoms in total. The van der Waals surface area contributed by atoms with Crippen molar-refractivity contribution in [3.63, 3.8) is 0 Å². The van der Waals surface area contributed by atoms with Crippen LogP contribution in [0.2, 0.25) is 0 Å². The van der Waals surface area contributed by atoms with E-state index in [2.05, 4.69) is 11.8 Å². The second-order valence-electron chi connectivity index (χ2n) is 6.34. The second-order valence-corrected chi connectivity index (χ2v) is 6.34. The zero-order valence-corrected chi connectivity index (χ0v) is 12.0. The summed E-state index contributed by atoms with van der Waals surface area (Å²) in [6.07, 6.45) is 2.98. The van der Waals surface area contributed by atoms with E-state index in [9.17, 15) is 9.59 Å². The normalized spacial score (nSPS) is 34.4. The van der Waals surface area contributed by atoms with Gasteiger partial charge in [-0.2, -0.15) is 0 Å². The van der Waals surface area contributed by atoms with Crippen LogP contribution in [0.15, 0.2) is 0 Å². The second kappa shape index (κ2) is 5.24. The van der Waals surface area contributed by atoms with Crippen molar-refractivity contribution in [1.29, 1.82) is 0 Å². The molecule has 0 aliphatic carbocycles. The molecule has 112 valence electrons. The number of fused-ring (bicyclic) bond motifs is 1. The molecular weight excluding hydrogens is 258 g/mol. The van der Waals surface area contributed by atoms with Gasteiger partial charge in [-0.25, -0.2) is 4.79 Å². The van der Waals surface area contributed by atoms with E-state index in [1.165, 1.54) is 12.8 Å². The van der Waals surface area contributed by atoms with Gasteiger partial charge in [0.1, 0.15) is 0 Å². The maximum absolute atomic E-state index is 12.6. The van der Waals surface area contributed by atoms with Crippen LogP contribution in [0.4, 0.5) is 4.79 Å². The van der Waals surface area contributed by atoms with Crippen molar-refractivity contribution in [1.82, 2.24) is 14.7 Å². The van der Waals surface area contributed by atoms with Gasteiger partial charge in [0.15, 0.2) is 0 Å². The van der Waals surface area contributed by atoms with Gasteiger partial charge < -0.3 is 14.9 Å². The highest BCUT2D eigenvalue weighted by Gasteiger charge is 2.40. The first-order chi connectivity index (χ1) is 9.56. The van der Waals surface area contributed by atoms with Crippen LogP contribution in [0.3, 0.4) is 0 Å². The Morgan fingerprint density at radius 1 is 1.10 bits per heavy atom. The molecule has 20 heavy (non-hydrogen) atoms. The molecule has 3 heterocycles. The Bertz CT molecular complexity index is 414. The van der Waals surface area contributed by atoms with E-state index in [0.29, 0.717) is 25.6 Å². The molecule has 0 aromatic heterocycles. The number of hydrogen-bond donors (Lipinski definition) is 1. The van der Waals surface area contributed by atoms with E-state index in [1.807, 2.05) is 4.90 Å². The summed E-state index contributed by atoms with van der Waals surface area (Å²) in [6, 6.07) is 0.765. The van der Waals surface area contributed by atoms with Gasteiger partial charge in [0, 0.05) is 38.3 Å². The van der Waals surface area contributed by atoms with E-state index in [0.717, 1.165) is 19.6 Å². The minimum Gasteiger partial charge on any atom is -0.481 e. The van der Waals surface area contributed by atoms with E-state index in [4.69, 9.17) is 5.11 Å². The van der Waals surface area contributed by atoms with Crippen LogP contribution in [0.5, 0.6) is 0 Å². The summed E-state index contributed by atoms with van der Waals surface area (Å²) >= 11 is 0. The maximum atomic E-state index is 12.6. The fourth-order valence-electron chi connectivity index (χ4n) is 3.77. The number of carboxylic acid groups (broad SMARTS) is 1. The standard InChI is InChI=1S/C14H23N3O3/c1-10-7-15-5-2-3-12(15)9-17(10)14(20)16-6-4-11(8-16)13(18)19/h10-12H,2-9H2,1H3,(H,18,19). The molecule has 3 saturated heterocycles. The van der Waals surface area contributed by atoms with Crippen molar-refractivity contribution in [3.8, 4) is 0 Å². The molecule has 1 N–H and O–H groups in total. The highest BCUT2D eigenvalue weighted by atomic mass is 16.4. The van der Waals surface area contributed by atoms with E-state index >= 15 is 0 Å². The van der Waals surface area contributed by atoms with Crippen LogP contribution < -0.4 is 0 Å². The molecule has 0 aromatic carbocycles. The monoisotopic (exact) mass is 281 g/mol. The third-order valence-corrected chi connectivity index (χ3v) is 4.99. The first-order valence-corrected chi connectivity index (χ1v) is 7.58. The predicted octanol–water partition coefficient (Wildman–Crippen LogP) is 0.681. The largest absolute Gasteiger partial charge is 0.481 e. The first kappa shape index (κ1) is 13.7. The van der Waals surface area contributed by atoms with Crippen molar-refractivity contribution >= 4 is 12.0 Å². The first-order valence-electron chi connectivity index (χ1n) is 7.58. The molecule has 3 fully saturated rings. The summed E-state index contributed by atoms with van der Waals surface area (Å²) < 4.78 is 0. The summed E-state index contributed by atoms with van der Waals surface area (Å²) in [5.74, 6) is -1.17. The number of carboxylic acids is 1. The Hall–Kier alpha value is -1.30. The van der Waals surface area contributed by atoms with Crippen molar-refractivity contribution in [2.24, 2.45) is 5.92 Å². The van der Waals surface area contributed by atoms with Gasteiger partial charge in [-0.1, -0.05) is 0 Å². The van der Waals surface area contributed by atoms with Crippen LogP contribution in [-0.2, 0) is 4.79 Å². The van der Waals surface area contributed by atoms with E-state index in [1.54, 1.807) is 4.90 Å². The number of aliphatic carboxylic acids is 1. The lowest BCUT2D eigenvalue weighted by Crippen LogP contribution is -2.59. The molecule has 3 atom stereocenters. The lowest BCUT2D eigenvalue weighted by Gasteiger charge is -2.43. The van der Waals surface area contributed by atoms with Gasteiger partial charge in [-0.05, 0) is 32.7 Å². The summed E-state index contributed by atoms with van der Waals surface area (Å²) in [6.45, 7) is 5.94. The summed E-state index contributed by atoms with van der Waals surface area (Å²) in [5.41, 5.74) is 0. The van der Waals surface area contributed by atoms with Gasteiger partial charge in [0.05, 0.1) is 5.92 Å². The molecule has 0 spiro atoms. The Kier molecular flexibility index (Phi) is 3.58. The number of urea groups is 1. The molecule has 3 unspecified atom stereocenters. The average Bonchev–Trinajstić information content (AvgIpc) is 3.05. The van der Waals surface area contributed by atoms with Crippen LogP contribution in [0.1, 0.15) is 26.2 Å². The van der Waals surface area contributed by atoms with Crippen LogP contribution >= 0.6 is 0 Å². The lowest BCUT2D eigenvalue weighted by molar-refractivity contribution is -0.141. The fourth-order valence-corrected chi connectivity index (χ4v) is 3.77. The molecule has 0 aromatic rings. The molecule has 0 radical (unpaired) electrons. The van der Waals surface area contributed by atoms with Crippen LogP contribution in [0.25, 0.3) is 0 Å². The Morgan fingerprint density at radius 3 is 2.60 bits per heavy atom. The number of rotatable bonds is 1.